The van der Waals surface area contributed by atoms with Crippen molar-refractivity contribution in [1.29, 1.82) is 0 Å². The number of carbonyl (C=O) groups is 2. The molecule has 1 aliphatic rings. The minimum absolute atomic E-state index is 0.0959. The summed E-state index contributed by atoms with van der Waals surface area (Å²) in [6.07, 6.45) is 1.42. The van der Waals surface area contributed by atoms with Crippen LogP contribution in [0.25, 0.3) is 22.0 Å². The van der Waals surface area contributed by atoms with Crippen molar-refractivity contribution in [3.63, 3.8) is 0 Å². The van der Waals surface area contributed by atoms with E-state index in [2.05, 4.69) is 15.5 Å². The number of benzene rings is 4. The number of methoxy groups -OCH3 is 1. The summed E-state index contributed by atoms with van der Waals surface area (Å²) in [6, 6.07) is 20.0. The number of hydrazone groups is 1. The number of amides is 1. The molecule has 1 amide bonds. The predicted molar refractivity (Wildman–Crippen MR) is 164 cm³/mol. The van der Waals surface area contributed by atoms with E-state index < -0.39 is 11.9 Å². The highest BCUT2D eigenvalue weighted by atomic mass is 35.5. The van der Waals surface area contributed by atoms with Gasteiger partial charge in [-0.15, -0.1) is 0 Å². The third-order valence-electron chi connectivity index (χ3n) is 6.56. The number of fused-ring (bicyclic) bond motifs is 2. The van der Waals surface area contributed by atoms with Crippen molar-refractivity contribution < 1.29 is 28.5 Å². The van der Waals surface area contributed by atoms with E-state index in [-0.39, 0.29) is 29.5 Å². The molecule has 5 aromatic rings. The van der Waals surface area contributed by atoms with Gasteiger partial charge in [0, 0.05) is 32.1 Å². The van der Waals surface area contributed by atoms with Gasteiger partial charge in [0.05, 0.1) is 23.9 Å². The van der Waals surface area contributed by atoms with Crippen molar-refractivity contribution in [3.8, 4) is 34.1 Å². The number of rotatable bonds is 7. The SMILES string of the molecule is COc1cc(C=NNC(=O)c2[nH]c3cc(Cl)cc(Cl)c3c2-c2ccccc2Cl)ccc1OC(=O)c1ccc2c(c1)OCO2. The summed E-state index contributed by atoms with van der Waals surface area (Å²) in [4.78, 5) is 29.2. The number of aromatic nitrogens is 1. The summed E-state index contributed by atoms with van der Waals surface area (Å²) in [5, 5.41) is 5.92. The fourth-order valence-electron chi connectivity index (χ4n) is 4.60. The second-order valence-electron chi connectivity index (χ2n) is 9.23. The molecule has 0 atom stereocenters. The van der Waals surface area contributed by atoms with Gasteiger partial charge in [0.25, 0.3) is 5.91 Å². The normalized spacial score (nSPS) is 12.1. The van der Waals surface area contributed by atoms with E-state index in [1.54, 1.807) is 66.7 Å². The lowest BCUT2D eigenvalue weighted by atomic mass is 10.0. The van der Waals surface area contributed by atoms with E-state index in [1.165, 1.54) is 13.3 Å². The molecule has 4 aromatic carbocycles. The summed E-state index contributed by atoms with van der Waals surface area (Å²) < 4.78 is 21.6. The third kappa shape index (κ3) is 5.70. The second-order valence-corrected chi connectivity index (χ2v) is 10.5. The molecule has 0 radical (unpaired) electrons. The highest BCUT2D eigenvalue weighted by molar-refractivity contribution is 6.41. The molecule has 1 aromatic heterocycles. The maximum Gasteiger partial charge on any atom is 0.343 e. The van der Waals surface area contributed by atoms with Crippen molar-refractivity contribution in [3.05, 3.63) is 105 Å². The number of halogens is 3. The van der Waals surface area contributed by atoms with Crippen LogP contribution in [0.4, 0.5) is 0 Å². The molecule has 43 heavy (non-hydrogen) atoms. The molecule has 0 saturated heterocycles. The van der Waals surface area contributed by atoms with Crippen LogP contribution in [-0.4, -0.2) is 37.0 Å². The van der Waals surface area contributed by atoms with Crippen LogP contribution in [0.1, 0.15) is 26.4 Å². The van der Waals surface area contributed by atoms with E-state index in [4.69, 9.17) is 53.8 Å². The molecule has 0 bridgehead atoms. The average Bonchev–Trinajstić information content (AvgIpc) is 3.62. The number of aromatic amines is 1. The zero-order chi connectivity index (χ0) is 30.1. The highest BCUT2D eigenvalue weighted by Gasteiger charge is 2.23. The summed E-state index contributed by atoms with van der Waals surface area (Å²) in [5.41, 5.74) is 5.29. The lowest BCUT2D eigenvalue weighted by Crippen LogP contribution is -2.19. The molecule has 6 rings (SSSR count). The predicted octanol–water partition coefficient (Wildman–Crippen LogP) is 7.52. The van der Waals surface area contributed by atoms with E-state index in [0.29, 0.717) is 54.2 Å². The van der Waals surface area contributed by atoms with Gasteiger partial charge in [0.2, 0.25) is 6.79 Å². The van der Waals surface area contributed by atoms with E-state index in [0.717, 1.165) is 0 Å². The molecule has 0 unspecified atom stereocenters. The van der Waals surface area contributed by atoms with Crippen molar-refractivity contribution in [2.24, 2.45) is 5.10 Å². The first-order valence-corrected chi connectivity index (χ1v) is 13.8. The van der Waals surface area contributed by atoms with Gasteiger partial charge in [-0.3, -0.25) is 4.79 Å². The Morgan fingerprint density at radius 2 is 1.74 bits per heavy atom. The van der Waals surface area contributed by atoms with Crippen LogP contribution in [0.5, 0.6) is 23.0 Å². The van der Waals surface area contributed by atoms with Gasteiger partial charge in [0.15, 0.2) is 23.0 Å². The zero-order valence-corrected chi connectivity index (χ0v) is 24.5. The van der Waals surface area contributed by atoms with Crippen LogP contribution in [0.3, 0.4) is 0 Å². The van der Waals surface area contributed by atoms with Crippen LogP contribution in [0.15, 0.2) is 77.9 Å². The lowest BCUT2D eigenvalue weighted by molar-refractivity contribution is 0.0729. The van der Waals surface area contributed by atoms with Crippen LogP contribution in [-0.2, 0) is 0 Å². The van der Waals surface area contributed by atoms with E-state index in [9.17, 15) is 9.59 Å². The van der Waals surface area contributed by atoms with E-state index in [1.807, 2.05) is 6.07 Å². The van der Waals surface area contributed by atoms with Crippen LogP contribution >= 0.6 is 34.8 Å². The summed E-state index contributed by atoms with van der Waals surface area (Å²) in [7, 11) is 1.44. The number of ether oxygens (including phenoxy) is 4. The largest absolute Gasteiger partial charge is 0.493 e. The number of carbonyl (C=O) groups excluding carboxylic acids is 2. The number of hydrogen-bond acceptors (Lipinski definition) is 7. The quantitative estimate of drug-likeness (QED) is 0.0828. The van der Waals surface area contributed by atoms with Crippen molar-refractivity contribution in [2.75, 3.05) is 13.9 Å². The average molecular weight is 637 g/mol. The van der Waals surface area contributed by atoms with E-state index >= 15 is 0 Å². The van der Waals surface area contributed by atoms with Crippen LogP contribution in [0, 0.1) is 0 Å². The smallest absolute Gasteiger partial charge is 0.343 e. The molecule has 2 N–H and O–H groups in total. The van der Waals surface area contributed by atoms with Crippen LogP contribution < -0.4 is 24.4 Å². The molecule has 2 heterocycles. The van der Waals surface area contributed by atoms with Gasteiger partial charge in [0.1, 0.15) is 5.69 Å². The third-order valence-corrected chi connectivity index (χ3v) is 7.41. The molecule has 0 fully saturated rings. The van der Waals surface area contributed by atoms with Gasteiger partial charge in [-0.25, -0.2) is 10.2 Å². The lowest BCUT2D eigenvalue weighted by Gasteiger charge is -2.10. The van der Waals surface area contributed by atoms with Crippen LogP contribution in [0.2, 0.25) is 15.1 Å². The number of nitrogens with zero attached hydrogens (tertiary/aromatic N) is 1. The molecule has 0 aliphatic carbocycles. The molecule has 216 valence electrons. The van der Waals surface area contributed by atoms with Gasteiger partial charge in [-0.2, -0.15) is 5.10 Å². The second kappa shape index (κ2) is 11.9. The monoisotopic (exact) mass is 635 g/mol. The fourth-order valence-corrected chi connectivity index (χ4v) is 5.42. The molecular formula is C31H20Cl3N3O6. The number of esters is 1. The Balaban J connectivity index is 1.22. The summed E-state index contributed by atoms with van der Waals surface area (Å²) in [6.45, 7) is 0.0959. The Bertz CT molecular complexity index is 1940. The number of H-pyrrole nitrogens is 1. The standard InChI is InChI=1S/C31H20Cl3N3O6/c1-40-25-10-16(6-8-24(25)43-31(39)17-7-9-23-26(11-17)42-15-41-23)14-35-37-30(38)29-27(19-4-2-3-5-20(19)33)28-21(34)12-18(32)13-22(28)36-29/h2-14,36H,15H2,1H3,(H,37,38). The topological polar surface area (TPSA) is 111 Å². The molecule has 0 spiro atoms. The highest BCUT2D eigenvalue weighted by Crippen LogP contribution is 2.41. The minimum atomic E-state index is -0.598. The number of hydrogen-bond donors (Lipinski definition) is 2. The molecule has 0 saturated carbocycles. The first-order chi connectivity index (χ1) is 20.8. The Morgan fingerprint density at radius 3 is 2.56 bits per heavy atom. The zero-order valence-electron chi connectivity index (χ0n) is 22.2. The molecular weight excluding hydrogens is 617 g/mol. The minimum Gasteiger partial charge on any atom is -0.493 e. The fraction of sp³-hybridized carbons (Fsp3) is 0.0645. The maximum absolute atomic E-state index is 13.3. The maximum atomic E-state index is 13.3. The van der Waals surface area contributed by atoms with Crippen molar-refractivity contribution >= 4 is 63.8 Å². The Labute approximate surface area is 259 Å². The van der Waals surface area contributed by atoms with Gasteiger partial charge >= 0.3 is 5.97 Å². The molecule has 9 nitrogen and oxygen atoms in total. The van der Waals surface area contributed by atoms with Gasteiger partial charge in [-0.05, 0) is 60.2 Å². The number of nitrogens with one attached hydrogen (secondary N) is 2. The Morgan fingerprint density at radius 1 is 0.930 bits per heavy atom. The summed E-state index contributed by atoms with van der Waals surface area (Å²) in [5.74, 6) is 0.378. The summed E-state index contributed by atoms with van der Waals surface area (Å²) >= 11 is 19.2. The van der Waals surface area contributed by atoms with Gasteiger partial charge < -0.3 is 23.9 Å². The van der Waals surface area contributed by atoms with Crippen molar-refractivity contribution in [1.82, 2.24) is 10.4 Å². The molecule has 12 heteroatoms. The molecule has 1 aliphatic heterocycles. The Kier molecular flexibility index (Phi) is 7.86. The Hall–Kier alpha value is -4.70. The van der Waals surface area contributed by atoms with Crippen molar-refractivity contribution in [2.45, 2.75) is 0 Å². The first kappa shape index (κ1) is 28.4. The first-order valence-electron chi connectivity index (χ1n) is 12.7. The van der Waals surface area contributed by atoms with Gasteiger partial charge in [-0.1, -0.05) is 53.0 Å².